The number of rotatable bonds is 7. The SMILES string of the molecule is C[C@H](NC(=O)/C(C#N)=C\c1ccc(OCc2ccc3ccccc3c2)cc1)c1ccccc1. The first kappa shape index (κ1) is 21.9. The second-order valence-corrected chi connectivity index (χ2v) is 7.81. The van der Waals surface area contributed by atoms with E-state index < -0.39 is 5.91 Å². The lowest BCUT2D eigenvalue weighted by atomic mass is 10.1. The van der Waals surface area contributed by atoms with Gasteiger partial charge in [0, 0.05) is 0 Å². The highest BCUT2D eigenvalue weighted by atomic mass is 16.5. The Kier molecular flexibility index (Phi) is 6.82. The van der Waals surface area contributed by atoms with Crippen molar-refractivity contribution in [2.45, 2.75) is 19.6 Å². The smallest absolute Gasteiger partial charge is 0.262 e. The van der Waals surface area contributed by atoms with Crippen LogP contribution in [0, 0.1) is 11.3 Å². The molecule has 0 unspecified atom stereocenters. The quantitative estimate of drug-likeness (QED) is 0.279. The van der Waals surface area contributed by atoms with Gasteiger partial charge in [-0.3, -0.25) is 4.79 Å². The highest BCUT2D eigenvalue weighted by molar-refractivity contribution is 6.01. The Labute approximate surface area is 193 Å². The monoisotopic (exact) mass is 432 g/mol. The molecule has 0 bridgehead atoms. The van der Waals surface area contributed by atoms with E-state index in [0.717, 1.165) is 22.4 Å². The van der Waals surface area contributed by atoms with E-state index in [4.69, 9.17) is 4.74 Å². The van der Waals surface area contributed by atoms with Crippen LogP contribution in [-0.4, -0.2) is 5.91 Å². The van der Waals surface area contributed by atoms with Crippen molar-refractivity contribution in [3.8, 4) is 11.8 Å². The standard InChI is InChI=1S/C29H24N2O2/c1-21(24-7-3-2-4-8-24)31-29(32)27(19-30)17-22-12-15-28(16-13-22)33-20-23-11-14-25-9-5-6-10-26(25)18-23/h2-18,21H,20H2,1H3,(H,31,32)/b27-17-/t21-/m0/s1. The molecule has 0 aliphatic rings. The minimum atomic E-state index is -0.398. The Morgan fingerprint density at radius 2 is 1.64 bits per heavy atom. The van der Waals surface area contributed by atoms with Crippen molar-refractivity contribution in [2.75, 3.05) is 0 Å². The summed E-state index contributed by atoms with van der Waals surface area (Å²) in [7, 11) is 0. The molecule has 0 aliphatic carbocycles. The van der Waals surface area contributed by atoms with Crippen LogP contribution in [0.3, 0.4) is 0 Å². The normalized spacial score (nSPS) is 12.1. The first-order valence-corrected chi connectivity index (χ1v) is 10.8. The van der Waals surface area contributed by atoms with Gasteiger partial charge < -0.3 is 10.1 Å². The van der Waals surface area contributed by atoms with E-state index in [0.29, 0.717) is 6.61 Å². The molecule has 0 heterocycles. The van der Waals surface area contributed by atoms with Gasteiger partial charge in [0.2, 0.25) is 0 Å². The molecule has 0 radical (unpaired) electrons. The maximum atomic E-state index is 12.6. The van der Waals surface area contributed by atoms with E-state index in [1.165, 1.54) is 10.8 Å². The summed E-state index contributed by atoms with van der Waals surface area (Å²) >= 11 is 0. The summed E-state index contributed by atoms with van der Waals surface area (Å²) in [6.07, 6.45) is 1.58. The molecule has 0 aliphatic heterocycles. The summed E-state index contributed by atoms with van der Waals surface area (Å²) in [4.78, 5) is 12.6. The second-order valence-electron chi connectivity index (χ2n) is 7.81. The summed E-state index contributed by atoms with van der Waals surface area (Å²) in [5, 5.41) is 14.7. The first-order valence-electron chi connectivity index (χ1n) is 10.8. The average Bonchev–Trinajstić information content (AvgIpc) is 2.87. The van der Waals surface area contributed by atoms with E-state index in [1.807, 2.05) is 79.7 Å². The van der Waals surface area contributed by atoms with Crippen molar-refractivity contribution in [3.05, 3.63) is 119 Å². The number of ether oxygens (including phenoxy) is 1. The van der Waals surface area contributed by atoms with E-state index in [1.54, 1.807) is 6.08 Å². The Hall–Kier alpha value is -4.36. The van der Waals surface area contributed by atoms with Crippen molar-refractivity contribution in [2.24, 2.45) is 0 Å². The molecule has 1 amide bonds. The number of nitrogens with zero attached hydrogens (tertiary/aromatic N) is 1. The summed E-state index contributed by atoms with van der Waals surface area (Å²) in [5.41, 5.74) is 2.89. The summed E-state index contributed by atoms with van der Waals surface area (Å²) in [5.74, 6) is 0.325. The van der Waals surface area contributed by atoms with Gasteiger partial charge in [0.05, 0.1) is 6.04 Å². The Bertz CT molecular complexity index is 1320. The molecule has 1 atom stereocenters. The lowest BCUT2D eigenvalue weighted by Gasteiger charge is -2.13. The van der Waals surface area contributed by atoms with Gasteiger partial charge in [-0.2, -0.15) is 5.26 Å². The third kappa shape index (κ3) is 5.66. The first-order chi connectivity index (χ1) is 16.1. The molecule has 4 rings (SSSR count). The van der Waals surface area contributed by atoms with Crippen LogP contribution in [0.2, 0.25) is 0 Å². The molecule has 0 spiro atoms. The number of nitriles is 1. The molecule has 4 aromatic carbocycles. The van der Waals surface area contributed by atoms with Crippen LogP contribution < -0.4 is 10.1 Å². The second kappa shape index (κ2) is 10.3. The van der Waals surface area contributed by atoms with Crippen molar-refractivity contribution < 1.29 is 9.53 Å². The minimum Gasteiger partial charge on any atom is -0.489 e. The van der Waals surface area contributed by atoms with E-state index in [9.17, 15) is 10.1 Å². The lowest BCUT2D eigenvalue weighted by molar-refractivity contribution is -0.117. The number of carbonyl (C=O) groups excluding carboxylic acids is 1. The predicted molar refractivity (Wildman–Crippen MR) is 131 cm³/mol. The topological polar surface area (TPSA) is 62.1 Å². The van der Waals surface area contributed by atoms with Crippen molar-refractivity contribution in [1.82, 2.24) is 5.32 Å². The lowest BCUT2D eigenvalue weighted by Crippen LogP contribution is -2.27. The number of amides is 1. The van der Waals surface area contributed by atoms with Crippen LogP contribution >= 0.6 is 0 Å². The summed E-state index contributed by atoms with van der Waals surface area (Å²) in [6.45, 7) is 2.35. The van der Waals surface area contributed by atoms with E-state index in [2.05, 4.69) is 35.6 Å². The van der Waals surface area contributed by atoms with Crippen LogP contribution in [0.5, 0.6) is 5.75 Å². The number of benzene rings is 4. The van der Waals surface area contributed by atoms with Crippen molar-refractivity contribution >= 4 is 22.8 Å². The molecule has 4 aromatic rings. The van der Waals surface area contributed by atoms with Crippen molar-refractivity contribution in [3.63, 3.8) is 0 Å². The van der Waals surface area contributed by atoms with Crippen molar-refractivity contribution in [1.29, 1.82) is 5.26 Å². The van der Waals surface area contributed by atoms with E-state index in [-0.39, 0.29) is 11.6 Å². The molecule has 0 saturated carbocycles. The third-order valence-corrected chi connectivity index (χ3v) is 5.42. The fourth-order valence-corrected chi connectivity index (χ4v) is 3.57. The Balaban J connectivity index is 1.38. The summed E-state index contributed by atoms with van der Waals surface area (Å²) < 4.78 is 5.91. The van der Waals surface area contributed by atoms with Gasteiger partial charge in [-0.15, -0.1) is 0 Å². The maximum Gasteiger partial charge on any atom is 0.262 e. The zero-order chi connectivity index (χ0) is 23.0. The van der Waals surface area contributed by atoms with Gasteiger partial charge in [-0.1, -0.05) is 78.9 Å². The van der Waals surface area contributed by atoms with Crippen LogP contribution in [0.4, 0.5) is 0 Å². The van der Waals surface area contributed by atoms with Gasteiger partial charge in [-0.05, 0) is 58.7 Å². The Morgan fingerprint density at radius 3 is 2.36 bits per heavy atom. The zero-order valence-corrected chi connectivity index (χ0v) is 18.4. The zero-order valence-electron chi connectivity index (χ0n) is 18.4. The van der Waals surface area contributed by atoms with Crippen LogP contribution in [0.1, 0.15) is 29.7 Å². The van der Waals surface area contributed by atoms with Gasteiger partial charge in [0.1, 0.15) is 24.0 Å². The number of hydrogen-bond acceptors (Lipinski definition) is 3. The summed E-state index contributed by atoms with van der Waals surface area (Å²) in [6, 6.07) is 33.3. The minimum absolute atomic E-state index is 0.0580. The largest absolute Gasteiger partial charge is 0.489 e. The van der Waals surface area contributed by atoms with Gasteiger partial charge in [0.25, 0.3) is 5.91 Å². The fourth-order valence-electron chi connectivity index (χ4n) is 3.57. The van der Waals surface area contributed by atoms with Gasteiger partial charge in [0.15, 0.2) is 0 Å². The molecule has 162 valence electrons. The van der Waals surface area contributed by atoms with Crippen LogP contribution in [-0.2, 0) is 11.4 Å². The average molecular weight is 433 g/mol. The highest BCUT2D eigenvalue weighted by Crippen LogP contribution is 2.20. The molecular formula is C29H24N2O2. The van der Waals surface area contributed by atoms with Crippen LogP contribution in [0.25, 0.3) is 16.8 Å². The molecule has 4 nitrogen and oxygen atoms in total. The highest BCUT2D eigenvalue weighted by Gasteiger charge is 2.13. The molecule has 0 fully saturated rings. The van der Waals surface area contributed by atoms with Crippen LogP contribution in [0.15, 0.2) is 103 Å². The maximum absolute atomic E-state index is 12.6. The third-order valence-electron chi connectivity index (χ3n) is 5.42. The number of carbonyl (C=O) groups is 1. The fraction of sp³-hybridized carbons (Fsp3) is 0.103. The number of nitrogens with one attached hydrogen (secondary N) is 1. The molecule has 33 heavy (non-hydrogen) atoms. The molecule has 4 heteroatoms. The van der Waals surface area contributed by atoms with E-state index >= 15 is 0 Å². The molecule has 0 saturated heterocycles. The number of fused-ring (bicyclic) bond motifs is 1. The van der Waals surface area contributed by atoms with Gasteiger partial charge in [-0.25, -0.2) is 0 Å². The van der Waals surface area contributed by atoms with Gasteiger partial charge >= 0.3 is 0 Å². The predicted octanol–water partition coefficient (Wildman–Crippen LogP) is 6.20. The Morgan fingerprint density at radius 1 is 0.939 bits per heavy atom. The molecule has 0 aromatic heterocycles. The molecular weight excluding hydrogens is 408 g/mol. The molecule has 1 N–H and O–H groups in total. The number of hydrogen-bond donors (Lipinski definition) is 1.